The summed E-state index contributed by atoms with van der Waals surface area (Å²) in [6.45, 7) is -0.0477. The van der Waals surface area contributed by atoms with Gasteiger partial charge in [0.05, 0.1) is 22.7 Å². The van der Waals surface area contributed by atoms with Crippen LogP contribution in [0.4, 0.5) is 22.0 Å². The van der Waals surface area contributed by atoms with Crippen LogP contribution < -0.4 is 0 Å². The van der Waals surface area contributed by atoms with Crippen molar-refractivity contribution in [1.82, 2.24) is 14.1 Å². The fraction of sp³-hybridized carbons (Fsp3) is 0.474. The third-order valence-electron chi connectivity index (χ3n) is 5.37. The van der Waals surface area contributed by atoms with Crippen molar-refractivity contribution in [1.29, 1.82) is 0 Å². The number of sulfonamides is 1. The van der Waals surface area contributed by atoms with E-state index in [2.05, 4.69) is 5.10 Å². The highest BCUT2D eigenvalue weighted by molar-refractivity contribution is 7.89. The van der Waals surface area contributed by atoms with E-state index in [9.17, 15) is 35.2 Å². The van der Waals surface area contributed by atoms with Gasteiger partial charge < -0.3 is 5.11 Å². The molecule has 32 heavy (non-hydrogen) atoms. The zero-order valence-electron chi connectivity index (χ0n) is 17.0. The van der Waals surface area contributed by atoms with Crippen LogP contribution in [0.5, 0.6) is 0 Å². The number of aromatic nitrogens is 2. The number of benzene rings is 1. The fourth-order valence-corrected chi connectivity index (χ4v) is 5.17. The summed E-state index contributed by atoms with van der Waals surface area (Å²) in [4.78, 5) is 10.1. The first kappa shape index (κ1) is 24.1. The summed E-state index contributed by atoms with van der Waals surface area (Å²) >= 11 is 0. The van der Waals surface area contributed by atoms with Crippen molar-refractivity contribution in [2.45, 2.75) is 55.8 Å². The topological polar surface area (TPSA) is 92.5 Å². The van der Waals surface area contributed by atoms with Crippen LogP contribution in [-0.2, 0) is 39.9 Å². The van der Waals surface area contributed by atoms with Crippen molar-refractivity contribution in [3.63, 3.8) is 0 Å². The highest BCUT2D eigenvalue weighted by Gasteiger charge is 2.39. The Morgan fingerprint density at radius 2 is 1.84 bits per heavy atom. The van der Waals surface area contributed by atoms with Crippen LogP contribution in [0.3, 0.4) is 0 Å². The minimum Gasteiger partial charge on any atom is -0.480 e. The van der Waals surface area contributed by atoms with Gasteiger partial charge in [0.2, 0.25) is 10.0 Å². The smallest absolute Gasteiger partial charge is 0.416 e. The van der Waals surface area contributed by atoms with E-state index in [0.29, 0.717) is 49.6 Å². The van der Waals surface area contributed by atoms with Crippen LogP contribution in [0.2, 0.25) is 0 Å². The number of rotatable bonds is 6. The van der Waals surface area contributed by atoms with Gasteiger partial charge in [-0.25, -0.2) is 17.2 Å². The highest BCUT2D eigenvalue weighted by atomic mass is 32.2. The van der Waals surface area contributed by atoms with Gasteiger partial charge in [-0.15, -0.1) is 0 Å². The highest BCUT2D eigenvalue weighted by Crippen LogP contribution is 2.40. The lowest BCUT2D eigenvalue weighted by molar-refractivity contribution is -0.138. The maximum absolute atomic E-state index is 13.8. The summed E-state index contributed by atoms with van der Waals surface area (Å²) in [7, 11) is -3.47. The SMILES string of the molecule is CN(C1CCCc2c1cnn2CC(=O)O)S(=O)(=O)c1cc(C(C)(F)F)cc(C(F)(F)F)c1. The summed E-state index contributed by atoms with van der Waals surface area (Å²) in [6, 6.07) is 0.261. The zero-order chi connectivity index (χ0) is 24.1. The van der Waals surface area contributed by atoms with Gasteiger partial charge in [-0.1, -0.05) is 0 Å². The second-order valence-electron chi connectivity index (χ2n) is 7.66. The summed E-state index contributed by atoms with van der Waals surface area (Å²) in [5.41, 5.74) is -1.63. The molecule has 0 spiro atoms. The Bertz CT molecular complexity index is 1110. The Hall–Kier alpha value is -2.54. The second kappa shape index (κ2) is 8.10. The number of carboxylic acid groups (broad SMARTS) is 1. The number of hydrogen-bond acceptors (Lipinski definition) is 4. The second-order valence-corrected chi connectivity index (χ2v) is 9.66. The molecule has 1 aliphatic rings. The van der Waals surface area contributed by atoms with E-state index >= 15 is 0 Å². The lowest BCUT2D eigenvalue weighted by atomic mass is 9.93. The maximum atomic E-state index is 13.8. The Morgan fingerprint density at radius 1 is 1.22 bits per heavy atom. The fourth-order valence-electron chi connectivity index (χ4n) is 3.74. The van der Waals surface area contributed by atoms with Crippen LogP contribution in [0.15, 0.2) is 29.3 Å². The summed E-state index contributed by atoms with van der Waals surface area (Å²) in [5.74, 6) is -4.84. The molecule has 0 aliphatic heterocycles. The van der Waals surface area contributed by atoms with E-state index in [0.717, 1.165) is 11.4 Å². The predicted molar refractivity (Wildman–Crippen MR) is 102 cm³/mol. The number of hydrogen-bond donors (Lipinski definition) is 1. The van der Waals surface area contributed by atoms with Gasteiger partial charge in [0.15, 0.2) is 0 Å². The molecule has 176 valence electrons. The molecule has 0 amide bonds. The van der Waals surface area contributed by atoms with E-state index < -0.39 is 56.7 Å². The van der Waals surface area contributed by atoms with Gasteiger partial charge in [-0.3, -0.25) is 9.48 Å². The first-order chi connectivity index (χ1) is 14.6. The number of aliphatic carboxylic acids is 1. The molecule has 0 radical (unpaired) electrons. The van der Waals surface area contributed by atoms with Crippen molar-refractivity contribution < 1.29 is 40.3 Å². The first-order valence-electron chi connectivity index (χ1n) is 9.47. The number of alkyl halides is 5. The molecule has 1 aliphatic carbocycles. The monoisotopic (exact) mass is 481 g/mol. The number of carbonyl (C=O) groups is 1. The molecular weight excluding hydrogens is 461 g/mol. The molecule has 1 aromatic carbocycles. The minimum absolute atomic E-state index is 0.230. The minimum atomic E-state index is -5.03. The molecule has 7 nitrogen and oxygen atoms in total. The molecule has 13 heteroatoms. The molecule has 2 aromatic rings. The summed E-state index contributed by atoms with van der Waals surface area (Å²) in [5, 5.41) is 13.0. The Labute approximate surface area is 180 Å². The Morgan fingerprint density at radius 3 is 2.41 bits per heavy atom. The zero-order valence-corrected chi connectivity index (χ0v) is 17.8. The van der Waals surface area contributed by atoms with E-state index in [1.54, 1.807) is 0 Å². The molecule has 1 aromatic heterocycles. The van der Waals surface area contributed by atoms with Gasteiger partial charge in [-0.05, 0) is 37.5 Å². The number of carboxylic acids is 1. The van der Waals surface area contributed by atoms with Crippen LogP contribution in [0.25, 0.3) is 0 Å². The van der Waals surface area contributed by atoms with Crippen molar-refractivity contribution >= 4 is 16.0 Å². The normalized spacial score (nSPS) is 17.4. The summed E-state index contributed by atoms with van der Waals surface area (Å²) < 4.78 is 95.9. The molecule has 3 rings (SSSR count). The number of halogens is 5. The third kappa shape index (κ3) is 4.63. The van der Waals surface area contributed by atoms with Gasteiger partial charge >= 0.3 is 12.1 Å². The average molecular weight is 481 g/mol. The van der Waals surface area contributed by atoms with Crippen molar-refractivity contribution in [2.75, 3.05) is 7.05 Å². The van der Waals surface area contributed by atoms with E-state index in [-0.39, 0.29) is 6.07 Å². The lowest BCUT2D eigenvalue weighted by Gasteiger charge is -2.31. The van der Waals surface area contributed by atoms with Gasteiger partial charge in [-0.2, -0.15) is 22.6 Å². The third-order valence-corrected chi connectivity index (χ3v) is 7.22. The van der Waals surface area contributed by atoms with Crippen LogP contribution >= 0.6 is 0 Å². The van der Waals surface area contributed by atoms with Gasteiger partial charge in [0.25, 0.3) is 5.92 Å². The quantitative estimate of drug-likeness (QED) is 0.634. The van der Waals surface area contributed by atoms with E-state index in [1.165, 1.54) is 10.9 Å². The van der Waals surface area contributed by atoms with Crippen molar-refractivity contribution in [3.8, 4) is 0 Å². The van der Waals surface area contributed by atoms with Gasteiger partial charge in [0.1, 0.15) is 6.54 Å². The molecule has 0 saturated carbocycles. The number of nitrogens with zero attached hydrogens (tertiary/aromatic N) is 3. The largest absolute Gasteiger partial charge is 0.480 e. The molecule has 0 fully saturated rings. The molecule has 1 unspecified atom stereocenters. The molecule has 1 atom stereocenters. The van der Waals surface area contributed by atoms with Crippen molar-refractivity contribution in [2.24, 2.45) is 0 Å². The molecule has 1 N–H and O–H groups in total. The van der Waals surface area contributed by atoms with Crippen molar-refractivity contribution in [3.05, 3.63) is 46.8 Å². The summed E-state index contributed by atoms with van der Waals surface area (Å²) in [6.07, 6.45) is -2.48. The van der Waals surface area contributed by atoms with E-state index in [4.69, 9.17) is 5.11 Å². The molecule has 1 heterocycles. The lowest BCUT2D eigenvalue weighted by Crippen LogP contribution is -2.34. The molecular formula is C19H20F5N3O4S. The molecule has 0 bridgehead atoms. The van der Waals surface area contributed by atoms with E-state index in [1.807, 2.05) is 0 Å². The Kier molecular flexibility index (Phi) is 6.11. The average Bonchev–Trinajstić information content (AvgIpc) is 3.08. The standard InChI is InChI=1S/C19H20F5N3O4S/c1-18(20,21)11-6-12(19(22,23)24)8-13(7-11)32(30,31)26(2)15-4-3-5-16-14(15)9-25-27(16)10-17(28)29/h6-9,15H,3-5,10H2,1-2H3,(H,28,29). The van der Waals surface area contributed by atoms with Crippen LogP contribution in [-0.4, -0.2) is 40.6 Å². The van der Waals surface area contributed by atoms with Gasteiger partial charge in [0, 0.05) is 30.8 Å². The predicted octanol–water partition coefficient (Wildman–Crippen LogP) is 3.80. The van der Waals surface area contributed by atoms with Crippen LogP contribution in [0.1, 0.15) is 48.2 Å². The first-order valence-corrected chi connectivity index (χ1v) is 10.9. The molecule has 0 saturated heterocycles. The van der Waals surface area contributed by atoms with Crippen LogP contribution in [0, 0.1) is 0 Å². The maximum Gasteiger partial charge on any atom is 0.416 e. The number of fused-ring (bicyclic) bond motifs is 1. The Balaban J connectivity index is 2.06.